The number of anilines is 1. The van der Waals surface area contributed by atoms with Crippen molar-refractivity contribution in [1.82, 2.24) is 0 Å². The Bertz CT molecular complexity index is 1720. The second kappa shape index (κ2) is 12.1. The molecule has 3 aromatic rings. The zero-order chi connectivity index (χ0) is 28.9. The van der Waals surface area contributed by atoms with E-state index < -0.39 is 20.2 Å². The van der Waals surface area contributed by atoms with Gasteiger partial charge in [0.25, 0.3) is 20.2 Å². The summed E-state index contributed by atoms with van der Waals surface area (Å²) < 4.78 is 67.0. The van der Waals surface area contributed by atoms with E-state index in [0.717, 1.165) is 22.5 Å². The summed E-state index contributed by atoms with van der Waals surface area (Å²) in [7, 11) is -8.80. The smallest absolute Gasteiger partial charge is 0.295 e. The third-order valence-corrected chi connectivity index (χ3v) is 8.17. The molecule has 8 nitrogen and oxygen atoms in total. The van der Waals surface area contributed by atoms with E-state index >= 15 is 0 Å². The van der Waals surface area contributed by atoms with Crippen LogP contribution in [-0.2, 0) is 26.8 Å². The molecule has 3 aromatic carbocycles. The maximum Gasteiger partial charge on any atom is 0.295 e. The van der Waals surface area contributed by atoms with Crippen LogP contribution in [-0.4, -0.2) is 44.7 Å². The topological polar surface area (TPSA) is 124 Å². The number of aliphatic imine (C=N–C) groups is 1. The van der Waals surface area contributed by atoms with Crippen LogP contribution in [0.25, 0.3) is 5.57 Å². The van der Waals surface area contributed by atoms with E-state index in [0.29, 0.717) is 36.3 Å². The molecule has 0 bridgehead atoms. The van der Waals surface area contributed by atoms with Crippen LogP contribution in [0.5, 0.6) is 0 Å². The van der Waals surface area contributed by atoms with Crippen molar-refractivity contribution in [2.24, 2.45) is 4.99 Å². The molecule has 0 aliphatic heterocycles. The van der Waals surface area contributed by atoms with Crippen molar-refractivity contribution in [2.75, 3.05) is 18.0 Å². The number of nitrogens with zero attached hydrogens (tertiary/aromatic N) is 2. The first-order valence-corrected chi connectivity index (χ1v) is 15.5. The predicted octanol–water partition coefficient (Wildman–Crippen LogP) is 5.60. The Balaban J connectivity index is 1.76. The zero-order valence-corrected chi connectivity index (χ0v) is 23.7. The third-order valence-electron chi connectivity index (χ3n) is 6.40. The molecule has 40 heavy (non-hydrogen) atoms. The molecule has 0 saturated heterocycles. The molecule has 4 rings (SSSR count). The summed E-state index contributed by atoms with van der Waals surface area (Å²) >= 11 is 0. The van der Waals surface area contributed by atoms with Gasteiger partial charge in [-0.2, -0.15) is 16.8 Å². The van der Waals surface area contributed by atoms with Crippen molar-refractivity contribution in [3.63, 3.8) is 0 Å². The van der Waals surface area contributed by atoms with Crippen LogP contribution in [0, 0.1) is 0 Å². The maximum atomic E-state index is 12.3. The molecular formula is C30H30N2O6S2. The summed E-state index contributed by atoms with van der Waals surface area (Å²) in [6, 6.07) is 20.1. The van der Waals surface area contributed by atoms with Gasteiger partial charge in [-0.25, -0.2) is 0 Å². The summed E-state index contributed by atoms with van der Waals surface area (Å²) in [5.74, 6) is 0. The lowest BCUT2D eigenvalue weighted by Crippen LogP contribution is -2.22. The molecule has 0 aromatic heterocycles. The Morgan fingerprint density at radius 3 is 2.08 bits per heavy atom. The Labute approximate surface area is 235 Å². The van der Waals surface area contributed by atoms with Crippen LogP contribution in [0.4, 0.5) is 5.69 Å². The molecule has 10 heteroatoms. The monoisotopic (exact) mass is 578 g/mol. The summed E-state index contributed by atoms with van der Waals surface area (Å²) in [5.41, 5.74) is 4.88. The quantitative estimate of drug-likeness (QED) is 0.317. The van der Waals surface area contributed by atoms with Crippen molar-refractivity contribution in [2.45, 2.75) is 30.2 Å². The van der Waals surface area contributed by atoms with Gasteiger partial charge >= 0.3 is 0 Å². The molecular weight excluding hydrogens is 548 g/mol. The number of benzene rings is 3. The lowest BCUT2D eigenvalue weighted by Gasteiger charge is -2.24. The van der Waals surface area contributed by atoms with E-state index in [4.69, 9.17) is 0 Å². The summed E-state index contributed by atoms with van der Waals surface area (Å²) in [4.78, 5) is 6.10. The highest BCUT2D eigenvalue weighted by Gasteiger charge is 2.21. The second-order valence-corrected chi connectivity index (χ2v) is 11.9. The average Bonchev–Trinajstić information content (AvgIpc) is 2.93. The van der Waals surface area contributed by atoms with E-state index in [-0.39, 0.29) is 9.79 Å². The molecule has 0 heterocycles. The van der Waals surface area contributed by atoms with Gasteiger partial charge in [-0.3, -0.25) is 14.1 Å². The first-order chi connectivity index (χ1) is 19.0. The molecule has 0 amide bonds. The number of hydrogen-bond acceptors (Lipinski definition) is 6. The molecule has 0 spiro atoms. The molecule has 2 N–H and O–H groups in total. The van der Waals surface area contributed by atoms with Gasteiger partial charge < -0.3 is 4.90 Å². The van der Waals surface area contributed by atoms with E-state index in [1.54, 1.807) is 30.3 Å². The standard InChI is InChI=1S/C30H30N2O6S2/c1-3-31-25-16-12-23(13-17-25)30(28-10-5-6-11-29(28)40(36,37)38)24-14-18-26(19-15-24)32(4-2)21-22-8-7-9-27(20-22)39(33,34)35/h5-20H,3-4,21H2,1-2H3,(H,33,34,35)(H,36,37,38). The SMILES string of the molecule is CCN=C1C=CC(=C(c2ccc(N(CC)Cc3cccc(S(=O)(=O)O)c3)cc2)c2ccccc2S(=O)(=O)O)C=C1. The first-order valence-electron chi connectivity index (χ1n) is 12.6. The Hall–Kier alpha value is -3.83. The van der Waals surface area contributed by atoms with Crippen molar-refractivity contribution in [1.29, 1.82) is 0 Å². The van der Waals surface area contributed by atoms with Gasteiger partial charge in [0.05, 0.1) is 10.6 Å². The first kappa shape index (κ1) is 29.2. The number of hydrogen-bond donors (Lipinski definition) is 2. The van der Waals surface area contributed by atoms with Crippen molar-refractivity contribution < 1.29 is 25.9 Å². The van der Waals surface area contributed by atoms with Gasteiger partial charge in [-0.1, -0.05) is 54.6 Å². The van der Waals surface area contributed by atoms with Gasteiger partial charge in [-0.05, 0) is 78.6 Å². The van der Waals surface area contributed by atoms with E-state index in [2.05, 4.69) is 4.99 Å². The maximum absolute atomic E-state index is 12.3. The van der Waals surface area contributed by atoms with Crippen molar-refractivity contribution >= 4 is 37.2 Å². The van der Waals surface area contributed by atoms with Gasteiger partial charge in [0.2, 0.25) is 0 Å². The van der Waals surface area contributed by atoms with E-state index in [9.17, 15) is 25.9 Å². The Morgan fingerprint density at radius 2 is 1.48 bits per heavy atom. The molecule has 0 fully saturated rings. The minimum atomic E-state index is -4.49. The lowest BCUT2D eigenvalue weighted by molar-refractivity contribution is 0.480. The minimum Gasteiger partial charge on any atom is -0.367 e. The van der Waals surface area contributed by atoms with Gasteiger partial charge in [0.15, 0.2) is 0 Å². The van der Waals surface area contributed by atoms with Crippen LogP contribution in [0.1, 0.15) is 30.5 Å². The normalized spacial score (nSPS) is 13.4. The van der Waals surface area contributed by atoms with Gasteiger partial charge in [0.1, 0.15) is 4.90 Å². The molecule has 0 radical (unpaired) electrons. The number of allylic oxidation sites excluding steroid dienone is 5. The van der Waals surface area contributed by atoms with Gasteiger partial charge in [0, 0.05) is 30.9 Å². The number of rotatable bonds is 9. The predicted molar refractivity (Wildman–Crippen MR) is 158 cm³/mol. The Morgan fingerprint density at radius 1 is 0.800 bits per heavy atom. The van der Waals surface area contributed by atoms with Gasteiger partial charge in [-0.15, -0.1) is 0 Å². The Kier molecular flexibility index (Phi) is 8.85. The van der Waals surface area contributed by atoms with Crippen LogP contribution in [0.3, 0.4) is 0 Å². The van der Waals surface area contributed by atoms with Crippen LogP contribution < -0.4 is 4.90 Å². The highest BCUT2D eigenvalue weighted by molar-refractivity contribution is 7.86. The van der Waals surface area contributed by atoms with E-state index in [1.807, 2.05) is 67.3 Å². The van der Waals surface area contributed by atoms with Crippen molar-refractivity contribution in [3.05, 3.63) is 119 Å². The third kappa shape index (κ3) is 6.83. The molecule has 0 unspecified atom stereocenters. The fourth-order valence-corrected chi connectivity index (χ4v) is 5.79. The summed E-state index contributed by atoms with van der Waals surface area (Å²) in [6.45, 7) is 5.59. The highest BCUT2D eigenvalue weighted by Crippen LogP contribution is 2.34. The van der Waals surface area contributed by atoms with Crippen LogP contribution >= 0.6 is 0 Å². The zero-order valence-electron chi connectivity index (χ0n) is 22.1. The van der Waals surface area contributed by atoms with Crippen LogP contribution in [0.2, 0.25) is 0 Å². The largest absolute Gasteiger partial charge is 0.367 e. The fraction of sp³-hybridized carbons (Fsp3) is 0.167. The molecule has 1 aliphatic carbocycles. The fourth-order valence-electron chi connectivity index (χ4n) is 4.54. The second-order valence-electron chi connectivity index (χ2n) is 9.05. The lowest BCUT2D eigenvalue weighted by atomic mass is 9.90. The molecule has 1 aliphatic rings. The van der Waals surface area contributed by atoms with E-state index in [1.165, 1.54) is 18.2 Å². The summed E-state index contributed by atoms with van der Waals surface area (Å²) in [6.07, 6.45) is 7.48. The average molecular weight is 579 g/mol. The molecule has 208 valence electrons. The molecule has 0 saturated carbocycles. The highest BCUT2D eigenvalue weighted by atomic mass is 32.2. The van der Waals surface area contributed by atoms with Crippen molar-refractivity contribution in [3.8, 4) is 0 Å². The van der Waals surface area contributed by atoms with Crippen LogP contribution in [0.15, 0.2) is 117 Å². The molecule has 0 atom stereocenters. The summed E-state index contributed by atoms with van der Waals surface area (Å²) in [5, 5.41) is 0. The minimum absolute atomic E-state index is 0.161.